The summed E-state index contributed by atoms with van der Waals surface area (Å²) in [5, 5.41) is -7.52. The van der Waals surface area contributed by atoms with Crippen molar-refractivity contribution in [1.29, 1.82) is 0 Å². The minimum atomic E-state index is -8.07. The Morgan fingerprint density at radius 3 is 1.33 bits per heavy atom. The molecule has 1 N–H and O–H groups in total. The summed E-state index contributed by atoms with van der Waals surface area (Å²) in [5.41, 5.74) is -8.90. The first kappa shape index (κ1) is 34.8. The van der Waals surface area contributed by atoms with E-state index in [4.69, 9.17) is 4.55 Å². The van der Waals surface area contributed by atoms with Crippen molar-refractivity contribution in [3.8, 4) is 0 Å². The molecular weight excluding hydrogens is 573 g/mol. The number of hydrogen-bond acceptors (Lipinski definition) is 3. The molecule has 0 aromatic carbocycles. The van der Waals surface area contributed by atoms with Gasteiger partial charge in [-0.15, -0.1) is 0 Å². The Balaban J connectivity index is 7.47. The van der Waals surface area contributed by atoms with E-state index >= 15 is 13.2 Å². The minimum absolute atomic E-state index is 0.295. The van der Waals surface area contributed by atoms with Crippen molar-refractivity contribution in [1.82, 2.24) is 0 Å². The first-order valence-electron chi connectivity index (χ1n) is 9.12. The van der Waals surface area contributed by atoms with Crippen LogP contribution in [0.3, 0.4) is 0 Å². The predicted octanol–water partition coefficient (Wildman–Crippen LogP) is 7.01. The van der Waals surface area contributed by atoms with E-state index in [0.717, 1.165) is 0 Å². The van der Waals surface area contributed by atoms with Crippen LogP contribution >= 0.6 is 0 Å². The third kappa shape index (κ3) is 4.51. The topological polar surface area (TPSA) is 63.6 Å². The van der Waals surface area contributed by atoms with E-state index in [2.05, 4.69) is 4.74 Å². The van der Waals surface area contributed by atoms with Crippen LogP contribution in [0.25, 0.3) is 0 Å². The maximum absolute atomic E-state index is 15.6. The monoisotopic (exact) mass is 592 g/mol. The van der Waals surface area contributed by atoms with E-state index in [1.807, 2.05) is 0 Å². The summed E-state index contributed by atoms with van der Waals surface area (Å²) in [4.78, 5) is 0. The highest BCUT2D eigenvalue weighted by molar-refractivity contribution is 7.87. The molecular formula is C16H19F15O4S. The van der Waals surface area contributed by atoms with E-state index in [-0.39, 0.29) is 6.92 Å². The van der Waals surface area contributed by atoms with Gasteiger partial charge in [0.25, 0.3) is 11.8 Å². The van der Waals surface area contributed by atoms with Gasteiger partial charge in [-0.25, -0.2) is 22.0 Å². The standard InChI is InChI=1S/C16H19F15O4S/c1-6-9(4,7(17)18)11(21,22)14(27,8(2,3)10(5,19)20)35-15(28,29)12(23,24)13(25,26)16(30,31)36(32,33)34/h7H,6H2,1-5H3,(H,32,33,34). The van der Waals surface area contributed by atoms with Crippen LogP contribution in [0.15, 0.2) is 0 Å². The summed E-state index contributed by atoms with van der Waals surface area (Å²) in [6, 6.07) is 0. The predicted molar refractivity (Wildman–Crippen MR) is 90.0 cm³/mol. The summed E-state index contributed by atoms with van der Waals surface area (Å²) in [7, 11) is -7.68. The van der Waals surface area contributed by atoms with E-state index in [1.165, 1.54) is 0 Å². The first-order valence-corrected chi connectivity index (χ1v) is 10.6. The average molecular weight is 592 g/mol. The molecule has 0 spiro atoms. The van der Waals surface area contributed by atoms with Crippen LogP contribution in [0.4, 0.5) is 65.9 Å². The Labute approximate surface area is 193 Å². The number of halogens is 15. The molecule has 218 valence electrons. The third-order valence-electron chi connectivity index (χ3n) is 5.96. The zero-order valence-electron chi connectivity index (χ0n) is 18.5. The van der Waals surface area contributed by atoms with Crippen LogP contribution in [0.2, 0.25) is 0 Å². The van der Waals surface area contributed by atoms with Crippen LogP contribution < -0.4 is 0 Å². The van der Waals surface area contributed by atoms with Crippen molar-refractivity contribution in [2.24, 2.45) is 10.8 Å². The number of rotatable bonds is 12. The van der Waals surface area contributed by atoms with Gasteiger partial charge < -0.3 is 0 Å². The van der Waals surface area contributed by atoms with Gasteiger partial charge in [-0.2, -0.15) is 52.3 Å². The van der Waals surface area contributed by atoms with Gasteiger partial charge in [-0.3, -0.25) is 9.29 Å². The smallest absolute Gasteiger partial charge is 0.281 e. The zero-order chi connectivity index (χ0) is 30.0. The summed E-state index contributed by atoms with van der Waals surface area (Å²) >= 11 is 0. The van der Waals surface area contributed by atoms with Crippen LogP contribution in [0.1, 0.15) is 41.0 Å². The van der Waals surface area contributed by atoms with Crippen LogP contribution in [0.5, 0.6) is 0 Å². The Morgan fingerprint density at radius 1 is 0.722 bits per heavy atom. The molecule has 0 rings (SSSR count). The van der Waals surface area contributed by atoms with E-state index in [9.17, 15) is 61.1 Å². The average Bonchev–Trinajstić information content (AvgIpc) is 2.63. The maximum atomic E-state index is 15.6. The van der Waals surface area contributed by atoms with Gasteiger partial charge in [0.2, 0.25) is 6.43 Å². The summed E-state index contributed by atoms with van der Waals surface area (Å²) in [5.74, 6) is -34.0. The van der Waals surface area contributed by atoms with Gasteiger partial charge in [0.15, 0.2) is 0 Å². The highest BCUT2D eigenvalue weighted by Gasteiger charge is 2.88. The number of hydrogen-bond donors (Lipinski definition) is 1. The molecule has 2 atom stereocenters. The second-order valence-corrected chi connectivity index (χ2v) is 9.98. The molecule has 0 aliphatic carbocycles. The Morgan fingerprint density at radius 2 is 1.08 bits per heavy atom. The second kappa shape index (κ2) is 8.94. The van der Waals surface area contributed by atoms with Crippen molar-refractivity contribution < 1.29 is 83.6 Å². The van der Waals surface area contributed by atoms with Gasteiger partial charge in [0.1, 0.15) is 0 Å². The number of ether oxygens (including phenoxy) is 1. The molecule has 0 heterocycles. The van der Waals surface area contributed by atoms with E-state index in [0.29, 0.717) is 6.92 Å². The molecule has 36 heavy (non-hydrogen) atoms. The van der Waals surface area contributed by atoms with Crippen molar-refractivity contribution in [3.05, 3.63) is 0 Å². The highest BCUT2D eigenvalue weighted by atomic mass is 32.2. The molecule has 0 bridgehead atoms. The first-order chi connectivity index (χ1) is 15.2. The fourth-order valence-corrected chi connectivity index (χ4v) is 2.97. The molecule has 0 aromatic rings. The summed E-state index contributed by atoms with van der Waals surface area (Å²) < 4.78 is 242. The lowest BCUT2D eigenvalue weighted by Gasteiger charge is -2.52. The molecule has 0 amide bonds. The molecule has 0 aromatic heterocycles. The number of alkyl halides is 15. The van der Waals surface area contributed by atoms with Crippen LogP contribution in [-0.2, 0) is 14.9 Å². The third-order valence-corrected chi connectivity index (χ3v) is 6.86. The Hall–Kier alpha value is -1.18. The SMILES string of the molecule is CCC(C)(C(F)F)C(F)(F)C(F)(OC(F)(F)C(F)(F)C(F)(F)C(F)(F)S(=O)(=O)O)C(C)(C)C(C)(F)F. The molecule has 20 heteroatoms. The largest absolute Gasteiger partial charge is 0.438 e. The van der Waals surface area contributed by atoms with Crippen molar-refractivity contribution in [2.45, 2.75) is 88.4 Å². The fourth-order valence-electron chi connectivity index (χ4n) is 2.52. The summed E-state index contributed by atoms with van der Waals surface area (Å²) in [6.07, 6.45) is -13.9. The van der Waals surface area contributed by atoms with E-state index in [1.54, 1.807) is 0 Å². The van der Waals surface area contributed by atoms with Crippen LogP contribution in [-0.4, -0.2) is 60.3 Å². The van der Waals surface area contributed by atoms with E-state index < -0.39 is 95.5 Å². The molecule has 0 saturated heterocycles. The summed E-state index contributed by atoms with van der Waals surface area (Å²) in [6.45, 7) is -1.28. The van der Waals surface area contributed by atoms with Gasteiger partial charge in [-0.1, -0.05) is 6.92 Å². The van der Waals surface area contributed by atoms with Crippen molar-refractivity contribution in [2.75, 3.05) is 0 Å². The quantitative estimate of drug-likeness (QED) is 0.196. The minimum Gasteiger partial charge on any atom is -0.281 e. The maximum Gasteiger partial charge on any atom is 0.438 e. The molecule has 0 aliphatic heterocycles. The van der Waals surface area contributed by atoms with Gasteiger partial charge >= 0.3 is 39.2 Å². The molecule has 0 aliphatic rings. The normalized spacial score (nSPS) is 19.3. The fraction of sp³-hybridized carbons (Fsp3) is 1.00. The van der Waals surface area contributed by atoms with Crippen molar-refractivity contribution >= 4 is 10.1 Å². The Bertz CT molecular complexity index is 913. The molecule has 0 fully saturated rings. The lowest BCUT2D eigenvalue weighted by atomic mass is 9.67. The van der Waals surface area contributed by atoms with Gasteiger partial charge in [0.05, 0.1) is 10.8 Å². The molecule has 2 unspecified atom stereocenters. The lowest BCUT2D eigenvalue weighted by molar-refractivity contribution is -0.500. The molecule has 4 nitrogen and oxygen atoms in total. The van der Waals surface area contributed by atoms with Crippen LogP contribution in [0, 0.1) is 10.8 Å². The van der Waals surface area contributed by atoms with Crippen molar-refractivity contribution in [3.63, 3.8) is 0 Å². The highest BCUT2D eigenvalue weighted by Crippen LogP contribution is 2.64. The zero-order valence-corrected chi connectivity index (χ0v) is 19.4. The van der Waals surface area contributed by atoms with Gasteiger partial charge in [0, 0.05) is 6.92 Å². The lowest BCUT2D eigenvalue weighted by Crippen LogP contribution is -2.73. The molecule has 0 saturated carbocycles. The van der Waals surface area contributed by atoms with Gasteiger partial charge in [-0.05, 0) is 27.2 Å². The second-order valence-electron chi connectivity index (χ2n) is 8.51. The Kier molecular flexibility index (Phi) is 8.65. The molecule has 0 radical (unpaired) electrons.